The monoisotopic (exact) mass is 572 g/mol. The highest BCUT2D eigenvalue weighted by molar-refractivity contribution is 5.74. The number of pyridine rings is 1. The molecule has 7 nitrogen and oxygen atoms in total. The summed E-state index contributed by atoms with van der Waals surface area (Å²) in [5.41, 5.74) is 9.07. The highest BCUT2D eigenvalue weighted by Gasteiger charge is 2.27. The van der Waals surface area contributed by atoms with Gasteiger partial charge in [-0.2, -0.15) is 5.10 Å². The van der Waals surface area contributed by atoms with Gasteiger partial charge in [0.15, 0.2) is 6.29 Å². The summed E-state index contributed by atoms with van der Waals surface area (Å²) >= 11 is 0. The Hall–Kier alpha value is -3.55. The molecule has 2 aliphatic heterocycles. The van der Waals surface area contributed by atoms with Crippen LogP contribution in [0.4, 0.5) is 5.69 Å². The highest BCUT2D eigenvalue weighted by atomic mass is 16.1. The van der Waals surface area contributed by atoms with Gasteiger partial charge in [0, 0.05) is 74.8 Å². The molecule has 2 fully saturated rings. The van der Waals surface area contributed by atoms with Crippen LogP contribution in [0.15, 0.2) is 71.8 Å². The first-order valence-electron chi connectivity index (χ1n) is 15.2. The molecule has 3 aliphatic rings. The number of carbonyl (C=O) groups excluding carboxylic acids is 1. The fourth-order valence-corrected chi connectivity index (χ4v) is 4.49. The van der Waals surface area contributed by atoms with Crippen LogP contribution in [0, 0.1) is 13.8 Å². The van der Waals surface area contributed by atoms with Crippen LogP contribution in [-0.4, -0.2) is 72.6 Å². The quantitative estimate of drug-likeness (QED) is 0.370. The van der Waals surface area contributed by atoms with Gasteiger partial charge in [-0.15, -0.1) is 0 Å². The number of hydrazone groups is 1. The van der Waals surface area contributed by atoms with Crippen molar-refractivity contribution in [3.05, 3.63) is 94.6 Å². The number of carbonyl (C=O) groups is 1. The first-order valence-corrected chi connectivity index (χ1v) is 15.2. The van der Waals surface area contributed by atoms with Crippen molar-refractivity contribution in [1.82, 2.24) is 19.8 Å². The lowest BCUT2D eigenvalue weighted by molar-refractivity contribution is 0.112. The van der Waals surface area contributed by atoms with E-state index in [2.05, 4.69) is 57.0 Å². The largest absolute Gasteiger partial charge is 0.388 e. The molecule has 1 N–H and O–H groups in total. The number of hydrogen-bond acceptors (Lipinski definition) is 7. The number of aldehydes is 1. The number of piperazine rings is 1. The Labute approximate surface area is 254 Å². The number of aryl methyl sites for hydroxylation is 2. The predicted octanol–water partition coefficient (Wildman–Crippen LogP) is 7.17. The maximum Gasteiger partial charge on any atom is 0.151 e. The molecule has 5 rings (SSSR count). The summed E-state index contributed by atoms with van der Waals surface area (Å²) in [6.07, 6.45) is 12.7. The Kier molecular flexibility index (Phi) is 14.9. The number of nitrogens with zero attached hydrogens (tertiary/aromatic N) is 5. The highest BCUT2D eigenvalue weighted by Crippen LogP contribution is 2.42. The van der Waals surface area contributed by atoms with Crippen molar-refractivity contribution in [2.24, 2.45) is 5.10 Å². The summed E-state index contributed by atoms with van der Waals surface area (Å²) in [4.78, 5) is 19.3. The molecule has 2 aromatic rings. The fourth-order valence-electron chi connectivity index (χ4n) is 4.49. The third-order valence-electron chi connectivity index (χ3n) is 7.52. The minimum atomic E-state index is 0.642. The van der Waals surface area contributed by atoms with E-state index in [9.17, 15) is 4.79 Å². The van der Waals surface area contributed by atoms with Crippen LogP contribution in [0.3, 0.4) is 0 Å². The Morgan fingerprint density at radius 2 is 1.81 bits per heavy atom. The fraction of sp³-hybridized carbons (Fsp3) is 0.457. The van der Waals surface area contributed by atoms with Gasteiger partial charge in [-0.25, -0.2) is 5.01 Å². The molecule has 42 heavy (non-hydrogen) atoms. The maximum absolute atomic E-state index is 10.2. The van der Waals surface area contributed by atoms with Crippen LogP contribution >= 0.6 is 0 Å². The average molecular weight is 573 g/mol. The van der Waals surface area contributed by atoms with Gasteiger partial charge in [-0.05, 0) is 101 Å². The lowest BCUT2D eigenvalue weighted by Crippen LogP contribution is -2.44. The van der Waals surface area contributed by atoms with Crippen LogP contribution in [0.25, 0.3) is 0 Å². The van der Waals surface area contributed by atoms with E-state index in [1.165, 1.54) is 44.7 Å². The number of likely N-dealkylation sites (N-methyl/N-ethyl adjacent to an activating group) is 1. The molecule has 1 saturated carbocycles. The molecule has 1 saturated heterocycles. The third-order valence-corrected chi connectivity index (χ3v) is 7.52. The molecule has 0 bridgehead atoms. The molecule has 0 radical (unpaired) electrons. The van der Waals surface area contributed by atoms with E-state index in [-0.39, 0.29) is 0 Å². The lowest BCUT2D eigenvalue weighted by Gasteiger charge is -2.32. The molecule has 1 aromatic heterocycles. The zero-order valence-corrected chi connectivity index (χ0v) is 27.2. The predicted molar refractivity (Wildman–Crippen MR) is 179 cm³/mol. The first kappa shape index (κ1) is 34.7. The van der Waals surface area contributed by atoms with E-state index in [1.807, 2.05) is 72.9 Å². The summed E-state index contributed by atoms with van der Waals surface area (Å²) in [5.74, 6) is 0.829. The van der Waals surface area contributed by atoms with Crippen LogP contribution in [0.5, 0.6) is 0 Å². The summed E-state index contributed by atoms with van der Waals surface area (Å²) in [5, 5.41) is 9.21. The van der Waals surface area contributed by atoms with E-state index in [1.54, 1.807) is 28.5 Å². The topological polar surface area (TPSA) is 64.1 Å². The number of hydrogen-bond donors (Lipinski definition) is 1. The first-order chi connectivity index (χ1) is 20.2. The SMILES string of the molecule is C=C1C=CC=NN1/C(C)=C\C.CC.CNc1ccc(CN2CCN(C)CC2)c(C2CC2)c1.Cc1cc(C=O)cnc1C. The second kappa shape index (κ2) is 18.1. The molecule has 0 amide bonds. The number of rotatable bonds is 6. The van der Waals surface area contributed by atoms with Crippen molar-refractivity contribution >= 4 is 18.2 Å². The van der Waals surface area contributed by atoms with Crippen LogP contribution in [-0.2, 0) is 6.54 Å². The Balaban J connectivity index is 0.000000230. The second-order valence-electron chi connectivity index (χ2n) is 10.7. The zero-order chi connectivity index (χ0) is 31.1. The molecule has 0 atom stereocenters. The van der Waals surface area contributed by atoms with E-state index in [4.69, 9.17) is 0 Å². The minimum Gasteiger partial charge on any atom is -0.388 e. The van der Waals surface area contributed by atoms with Crippen molar-refractivity contribution in [2.45, 2.75) is 66.8 Å². The number of allylic oxidation sites excluding steroid dienone is 4. The van der Waals surface area contributed by atoms with Gasteiger partial charge in [0.05, 0.1) is 5.70 Å². The molecule has 1 aromatic carbocycles. The molecule has 3 heterocycles. The van der Waals surface area contributed by atoms with Crippen molar-refractivity contribution in [3.63, 3.8) is 0 Å². The molecular formula is C35H52N6O. The molecule has 228 valence electrons. The Morgan fingerprint density at radius 3 is 2.36 bits per heavy atom. The second-order valence-corrected chi connectivity index (χ2v) is 10.7. The lowest BCUT2D eigenvalue weighted by atomic mass is 10.0. The van der Waals surface area contributed by atoms with Crippen molar-refractivity contribution < 1.29 is 4.79 Å². The van der Waals surface area contributed by atoms with E-state index in [0.29, 0.717) is 5.56 Å². The molecule has 1 aliphatic carbocycles. The van der Waals surface area contributed by atoms with Gasteiger partial charge >= 0.3 is 0 Å². The summed E-state index contributed by atoms with van der Waals surface area (Å²) in [7, 11) is 4.22. The molecule has 0 unspecified atom stereocenters. The Morgan fingerprint density at radius 1 is 1.12 bits per heavy atom. The van der Waals surface area contributed by atoms with E-state index in [0.717, 1.165) is 41.4 Å². The van der Waals surface area contributed by atoms with Gasteiger partial charge in [0.1, 0.15) is 0 Å². The number of benzene rings is 1. The average Bonchev–Trinajstić information content (AvgIpc) is 3.87. The summed E-state index contributed by atoms with van der Waals surface area (Å²) in [6, 6.07) is 8.74. The Bertz CT molecular complexity index is 1230. The van der Waals surface area contributed by atoms with Gasteiger partial charge in [0.2, 0.25) is 0 Å². The van der Waals surface area contributed by atoms with Gasteiger partial charge < -0.3 is 10.2 Å². The zero-order valence-electron chi connectivity index (χ0n) is 27.2. The molecule has 7 heteroatoms. The molecular weight excluding hydrogens is 520 g/mol. The van der Waals surface area contributed by atoms with E-state index >= 15 is 0 Å². The number of anilines is 1. The maximum atomic E-state index is 10.2. The van der Waals surface area contributed by atoms with Crippen molar-refractivity contribution in [2.75, 3.05) is 45.6 Å². The molecule has 0 spiro atoms. The van der Waals surface area contributed by atoms with Crippen molar-refractivity contribution in [1.29, 1.82) is 0 Å². The van der Waals surface area contributed by atoms with Gasteiger partial charge in [-0.3, -0.25) is 14.7 Å². The smallest absolute Gasteiger partial charge is 0.151 e. The number of nitrogens with one attached hydrogen (secondary N) is 1. The standard InChI is InChI=1S/C16H25N3.C9H12N2.C8H9NO.C2H6/c1-17-15-6-5-14(16(11-15)13-3-4-13)12-19-9-7-18(2)8-10-19;1-4-8(2)11-9(3)6-5-7-10-11;1-6-3-8(5-10)4-9-7(6)2;1-2/h5-6,11,13,17H,3-4,7-10,12H2,1-2H3;4-7H,3H2,1-2H3;3-5H,1-2H3;1-2H3/b;8-4-;;. The normalized spacial score (nSPS) is 16.8. The van der Waals surface area contributed by atoms with Crippen LogP contribution in [0.1, 0.15) is 79.2 Å². The van der Waals surface area contributed by atoms with Gasteiger partial charge in [-0.1, -0.05) is 32.6 Å². The minimum absolute atomic E-state index is 0.642. The van der Waals surface area contributed by atoms with Gasteiger partial charge in [0.25, 0.3) is 0 Å². The van der Waals surface area contributed by atoms with Crippen LogP contribution in [0.2, 0.25) is 0 Å². The summed E-state index contributed by atoms with van der Waals surface area (Å²) in [6.45, 7) is 21.6. The van der Waals surface area contributed by atoms with Crippen molar-refractivity contribution in [3.8, 4) is 0 Å². The third kappa shape index (κ3) is 11.0. The van der Waals surface area contributed by atoms with Crippen LogP contribution < -0.4 is 5.32 Å². The van der Waals surface area contributed by atoms with E-state index < -0.39 is 0 Å². The summed E-state index contributed by atoms with van der Waals surface area (Å²) < 4.78 is 0. The number of aromatic nitrogens is 1.